The summed E-state index contributed by atoms with van der Waals surface area (Å²) in [6, 6.07) is 26.9. The van der Waals surface area contributed by atoms with Crippen LogP contribution in [0.2, 0.25) is 0 Å². The van der Waals surface area contributed by atoms with Crippen molar-refractivity contribution in [3.05, 3.63) is 119 Å². The highest BCUT2D eigenvalue weighted by Gasteiger charge is 2.20. The van der Waals surface area contributed by atoms with Gasteiger partial charge in [0.05, 0.1) is 0 Å². The minimum Gasteiger partial charge on any atom is -0.379 e. The molecule has 0 aliphatic rings. The molecule has 0 heterocycles. The number of rotatable bonds is 8. The van der Waals surface area contributed by atoms with Crippen molar-refractivity contribution in [2.75, 3.05) is 0 Å². The van der Waals surface area contributed by atoms with Crippen LogP contribution in [0, 0.1) is 13.8 Å². The van der Waals surface area contributed by atoms with Crippen molar-refractivity contribution in [2.24, 2.45) is 0 Å². The van der Waals surface area contributed by atoms with Crippen molar-refractivity contribution in [3.63, 3.8) is 0 Å². The van der Waals surface area contributed by atoms with Crippen LogP contribution < -0.4 is 8.37 Å². The predicted molar refractivity (Wildman–Crippen MR) is 134 cm³/mol. The molecule has 0 aliphatic carbocycles. The Morgan fingerprint density at radius 2 is 0.857 bits per heavy atom. The van der Waals surface area contributed by atoms with Gasteiger partial charge in [0, 0.05) is 0 Å². The largest absolute Gasteiger partial charge is 0.379 e. The quantitative estimate of drug-likeness (QED) is 0.295. The maximum absolute atomic E-state index is 12.6. The highest BCUT2D eigenvalue weighted by Crippen LogP contribution is 2.24. The highest BCUT2D eigenvalue weighted by molar-refractivity contribution is 7.87. The van der Waals surface area contributed by atoms with Gasteiger partial charge in [0.25, 0.3) is 0 Å². The number of hydrogen-bond donors (Lipinski definition) is 0. The van der Waals surface area contributed by atoms with E-state index in [4.69, 9.17) is 8.37 Å². The minimum atomic E-state index is -3.92. The molecular formula is C27H24O6S2. The second-order valence-corrected chi connectivity index (χ2v) is 11.1. The molecule has 180 valence electrons. The zero-order valence-corrected chi connectivity index (χ0v) is 20.8. The van der Waals surface area contributed by atoms with Gasteiger partial charge in [0.2, 0.25) is 0 Å². The molecule has 0 spiro atoms. The molecule has 0 amide bonds. The Balaban J connectivity index is 1.41. The van der Waals surface area contributed by atoms with E-state index in [0.29, 0.717) is 17.5 Å². The molecular weight excluding hydrogens is 484 g/mol. The third-order valence-electron chi connectivity index (χ3n) is 5.39. The molecule has 6 nitrogen and oxygen atoms in total. The van der Waals surface area contributed by atoms with Crippen molar-refractivity contribution in [1.82, 2.24) is 0 Å². The first kappa shape index (κ1) is 24.5. The van der Waals surface area contributed by atoms with Gasteiger partial charge >= 0.3 is 20.2 Å². The number of benzene rings is 4. The van der Waals surface area contributed by atoms with Gasteiger partial charge in [0.1, 0.15) is 21.3 Å². The molecule has 0 saturated heterocycles. The summed E-state index contributed by atoms with van der Waals surface area (Å²) in [6.45, 7) is 3.43. The van der Waals surface area contributed by atoms with Gasteiger partial charge in [-0.3, -0.25) is 0 Å². The Hall–Kier alpha value is -3.62. The molecule has 0 unspecified atom stereocenters. The summed E-state index contributed by atoms with van der Waals surface area (Å²) in [5.74, 6) is 0.448. The van der Waals surface area contributed by atoms with Crippen LogP contribution >= 0.6 is 0 Å². The SMILES string of the molecule is Cc1ccccc1S(=O)(=O)Oc1ccc(Cc2ccc(OS(=O)(=O)c3ccccc3C)cc2)cc1. The van der Waals surface area contributed by atoms with Gasteiger partial charge in [-0.05, 0) is 78.9 Å². The zero-order valence-electron chi connectivity index (χ0n) is 19.2. The number of hydrogen-bond acceptors (Lipinski definition) is 6. The zero-order chi connectivity index (χ0) is 25.1. The Bertz CT molecular complexity index is 1420. The van der Waals surface area contributed by atoms with E-state index in [9.17, 15) is 16.8 Å². The lowest BCUT2D eigenvalue weighted by Gasteiger charge is -2.11. The summed E-state index contributed by atoms with van der Waals surface area (Å²) in [5.41, 5.74) is 3.10. The first-order valence-corrected chi connectivity index (χ1v) is 13.6. The van der Waals surface area contributed by atoms with Crippen LogP contribution in [-0.2, 0) is 26.7 Å². The molecule has 0 aliphatic heterocycles. The Morgan fingerprint density at radius 1 is 0.514 bits per heavy atom. The molecule has 0 fully saturated rings. The third-order valence-corrected chi connectivity index (χ3v) is 8.21. The molecule has 8 heteroatoms. The van der Waals surface area contributed by atoms with E-state index in [2.05, 4.69) is 0 Å². The lowest BCUT2D eigenvalue weighted by molar-refractivity contribution is 0.483. The number of aryl methyl sites for hydroxylation is 2. The van der Waals surface area contributed by atoms with E-state index in [1.165, 1.54) is 12.1 Å². The Labute approximate surface area is 206 Å². The van der Waals surface area contributed by atoms with E-state index in [0.717, 1.165) is 11.1 Å². The summed E-state index contributed by atoms with van der Waals surface area (Å²) in [6.07, 6.45) is 0.565. The topological polar surface area (TPSA) is 86.7 Å². The molecule has 4 aromatic rings. The van der Waals surface area contributed by atoms with Crippen molar-refractivity contribution >= 4 is 20.2 Å². The summed E-state index contributed by atoms with van der Waals surface area (Å²) in [4.78, 5) is 0.270. The molecule has 0 N–H and O–H groups in total. The fourth-order valence-corrected chi connectivity index (χ4v) is 5.90. The average Bonchev–Trinajstić information content (AvgIpc) is 2.81. The standard InChI is InChI=1S/C27H24O6S2/c1-20-7-3-5-9-26(20)34(28,29)32-24-15-11-22(12-16-24)19-23-13-17-25(18-14-23)33-35(30,31)27-10-6-4-8-21(27)2/h3-18H,19H2,1-2H3. The fraction of sp³-hybridized carbons (Fsp3) is 0.111. The molecule has 0 atom stereocenters. The monoisotopic (exact) mass is 508 g/mol. The lowest BCUT2D eigenvalue weighted by atomic mass is 10.1. The maximum Gasteiger partial charge on any atom is 0.339 e. The second kappa shape index (κ2) is 9.93. The summed E-state index contributed by atoms with van der Waals surface area (Å²) >= 11 is 0. The Kier molecular flexibility index (Phi) is 6.95. The van der Waals surface area contributed by atoms with E-state index in [1.54, 1.807) is 98.8 Å². The van der Waals surface area contributed by atoms with Crippen LogP contribution in [0.25, 0.3) is 0 Å². The molecule has 0 aromatic heterocycles. The van der Waals surface area contributed by atoms with Crippen molar-refractivity contribution < 1.29 is 25.2 Å². The van der Waals surface area contributed by atoms with Crippen LogP contribution in [0.4, 0.5) is 0 Å². The lowest BCUT2D eigenvalue weighted by Crippen LogP contribution is -2.11. The van der Waals surface area contributed by atoms with Crippen molar-refractivity contribution in [2.45, 2.75) is 30.1 Å². The van der Waals surface area contributed by atoms with Crippen LogP contribution in [0.3, 0.4) is 0 Å². The predicted octanol–water partition coefficient (Wildman–Crippen LogP) is 5.43. The van der Waals surface area contributed by atoms with Crippen molar-refractivity contribution in [3.8, 4) is 11.5 Å². The van der Waals surface area contributed by atoms with Crippen LogP contribution in [0.1, 0.15) is 22.3 Å². The van der Waals surface area contributed by atoms with Gasteiger partial charge < -0.3 is 8.37 Å². The van der Waals surface area contributed by atoms with Gasteiger partial charge in [-0.15, -0.1) is 0 Å². The Morgan fingerprint density at radius 3 is 1.20 bits per heavy atom. The van der Waals surface area contributed by atoms with E-state index < -0.39 is 20.2 Å². The summed E-state index contributed by atoms with van der Waals surface area (Å²) < 4.78 is 60.8. The van der Waals surface area contributed by atoms with Gasteiger partial charge in [-0.2, -0.15) is 16.8 Å². The fourth-order valence-electron chi connectivity index (χ4n) is 3.58. The smallest absolute Gasteiger partial charge is 0.339 e. The molecule has 0 saturated carbocycles. The molecule has 0 bridgehead atoms. The third kappa shape index (κ3) is 5.90. The maximum atomic E-state index is 12.6. The van der Waals surface area contributed by atoms with E-state index in [1.807, 2.05) is 0 Å². The summed E-state index contributed by atoms with van der Waals surface area (Å²) in [7, 11) is -7.84. The van der Waals surface area contributed by atoms with Crippen LogP contribution in [0.15, 0.2) is 107 Å². The molecule has 4 aromatic carbocycles. The van der Waals surface area contributed by atoms with Crippen LogP contribution in [-0.4, -0.2) is 16.8 Å². The normalized spacial score (nSPS) is 11.7. The average molecular weight is 509 g/mol. The van der Waals surface area contributed by atoms with E-state index >= 15 is 0 Å². The van der Waals surface area contributed by atoms with E-state index in [-0.39, 0.29) is 21.3 Å². The first-order chi connectivity index (χ1) is 16.6. The van der Waals surface area contributed by atoms with Crippen molar-refractivity contribution in [1.29, 1.82) is 0 Å². The van der Waals surface area contributed by atoms with Gasteiger partial charge in [-0.25, -0.2) is 0 Å². The minimum absolute atomic E-state index is 0.135. The molecule has 0 radical (unpaired) electrons. The second-order valence-electron chi connectivity index (χ2n) is 8.07. The molecule has 4 rings (SSSR count). The summed E-state index contributed by atoms with van der Waals surface area (Å²) in [5, 5.41) is 0. The van der Waals surface area contributed by atoms with Gasteiger partial charge in [0.15, 0.2) is 0 Å². The first-order valence-electron chi connectivity index (χ1n) is 10.8. The molecule has 35 heavy (non-hydrogen) atoms. The van der Waals surface area contributed by atoms with Gasteiger partial charge in [-0.1, -0.05) is 60.7 Å². The highest BCUT2D eigenvalue weighted by atomic mass is 32.2. The van der Waals surface area contributed by atoms with Crippen LogP contribution in [0.5, 0.6) is 11.5 Å².